The third-order valence-electron chi connectivity index (χ3n) is 4.94. The summed E-state index contributed by atoms with van der Waals surface area (Å²) in [6, 6.07) is 9.93. The molecule has 1 aliphatic rings. The van der Waals surface area contributed by atoms with Gasteiger partial charge in [-0.15, -0.1) is 11.3 Å². The van der Waals surface area contributed by atoms with E-state index >= 15 is 0 Å². The van der Waals surface area contributed by atoms with Crippen LogP contribution in [0.2, 0.25) is 4.34 Å². The van der Waals surface area contributed by atoms with Crippen molar-refractivity contribution in [2.75, 3.05) is 31.1 Å². The molecule has 1 saturated heterocycles. The predicted octanol–water partition coefficient (Wildman–Crippen LogP) is 4.19. The molecule has 0 N–H and O–H groups in total. The maximum atomic E-state index is 6.05. The summed E-state index contributed by atoms with van der Waals surface area (Å²) in [7, 11) is 0. The number of aromatic nitrogens is 3. The Hall–Kier alpha value is -2.02. The Labute approximate surface area is 168 Å². The lowest BCUT2D eigenvalue weighted by molar-refractivity contribution is 0.251. The van der Waals surface area contributed by atoms with Crippen molar-refractivity contribution >= 4 is 28.8 Å². The van der Waals surface area contributed by atoms with Crippen LogP contribution in [0.25, 0.3) is 11.5 Å². The molecule has 5 nitrogen and oxygen atoms in total. The van der Waals surface area contributed by atoms with Gasteiger partial charge in [0, 0.05) is 55.1 Å². The molecule has 0 atom stereocenters. The number of hydrogen-bond donors (Lipinski definition) is 0. The molecule has 0 unspecified atom stereocenters. The normalized spacial score (nSPS) is 15.3. The van der Waals surface area contributed by atoms with Gasteiger partial charge in [0.1, 0.15) is 11.5 Å². The highest BCUT2D eigenvalue weighted by Crippen LogP contribution is 2.26. The number of rotatable bonds is 4. The van der Waals surface area contributed by atoms with Gasteiger partial charge < -0.3 is 4.90 Å². The standard InChI is InChI=1S/C20H22ClN5S/c1-14-15(2)23-19(17-5-3-4-8-22-17)24-20(14)26-11-9-25(10-12-26)13-16-6-7-18(21)27-16/h3-8H,9-13H2,1-2H3. The van der Waals surface area contributed by atoms with E-state index in [0.717, 1.165) is 59.8 Å². The topological polar surface area (TPSA) is 45.2 Å². The largest absolute Gasteiger partial charge is 0.354 e. The molecule has 3 aromatic rings. The molecular formula is C20H22ClN5S. The SMILES string of the molecule is Cc1nc(-c2ccccn2)nc(N2CCN(Cc3ccc(Cl)s3)CC2)c1C. The Kier molecular flexibility index (Phi) is 5.38. The number of pyridine rings is 1. The molecule has 0 aromatic carbocycles. The van der Waals surface area contributed by atoms with Crippen molar-refractivity contribution in [3.63, 3.8) is 0 Å². The Bertz CT molecular complexity index is 919. The van der Waals surface area contributed by atoms with E-state index in [1.54, 1.807) is 17.5 Å². The number of halogens is 1. The van der Waals surface area contributed by atoms with Crippen molar-refractivity contribution in [1.82, 2.24) is 19.9 Å². The first-order valence-electron chi connectivity index (χ1n) is 9.08. The van der Waals surface area contributed by atoms with E-state index in [1.807, 2.05) is 31.2 Å². The molecular weight excluding hydrogens is 378 g/mol. The number of anilines is 1. The minimum Gasteiger partial charge on any atom is -0.354 e. The highest BCUT2D eigenvalue weighted by atomic mass is 35.5. The molecule has 0 bridgehead atoms. The van der Waals surface area contributed by atoms with Crippen molar-refractivity contribution in [2.24, 2.45) is 0 Å². The minimum atomic E-state index is 0.698. The second kappa shape index (κ2) is 7.92. The summed E-state index contributed by atoms with van der Waals surface area (Å²) in [6.07, 6.45) is 1.78. The Balaban J connectivity index is 1.50. The van der Waals surface area contributed by atoms with Gasteiger partial charge in [-0.05, 0) is 38.1 Å². The van der Waals surface area contributed by atoms with Crippen molar-refractivity contribution in [3.8, 4) is 11.5 Å². The molecule has 4 rings (SSSR count). The molecule has 27 heavy (non-hydrogen) atoms. The molecule has 0 aliphatic carbocycles. The third-order valence-corrected chi connectivity index (χ3v) is 6.15. The van der Waals surface area contributed by atoms with Gasteiger partial charge in [0.15, 0.2) is 5.82 Å². The van der Waals surface area contributed by atoms with Crippen LogP contribution in [0.4, 0.5) is 5.82 Å². The van der Waals surface area contributed by atoms with Crippen molar-refractivity contribution in [3.05, 3.63) is 57.0 Å². The monoisotopic (exact) mass is 399 g/mol. The van der Waals surface area contributed by atoms with Gasteiger partial charge in [0.2, 0.25) is 0 Å². The Morgan fingerprint density at radius 1 is 1.04 bits per heavy atom. The molecule has 0 saturated carbocycles. The molecule has 0 amide bonds. The number of aryl methyl sites for hydroxylation is 1. The summed E-state index contributed by atoms with van der Waals surface area (Å²) in [4.78, 5) is 20.1. The van der Waals surface area contributed by atoms with Gasteiger partial charge in [-0.1, -0.05) is 17.7 Å². The van der Waals surface area contributed by atoms with E-state index in [9.17, 15) is 0 Å². The fourth-order valence-corrected chi connectivity index (χ4v) is 4.44. The first kappa shape index (κ1) is 18.3. The lowest BCUT2D eigenvalue weighted by atomic mass is 10.2. The van der Waals surface area contributed by atoms with Crippen LogP contribution in [0.1, 0.15) is 16.1 Å². The van der Waals surface area contributed by atoms with E-state index in [2.05, 4.69) is 32.8 Å². The number of hydrogen-bond acceptors (Lipinski definition) is 6. The van der Waals surface area contributed by atoms with E-state index in [4.69, 9.17) is 16.6 Å². The van der Waals surface area contributed by atoms with Crippen LogP contribution in [0.5, 0.6) is 0 Å². The Morgan fingerprint density at radius 2 is 1.85 bits per heavy atom. The highest BCUT2D eigenvalue weighted by molar-refractivity contribution is 7.16. The minimum absolute atomic E-state index is 0.698. The maximum absolute atomic E-state index is 6.05. The third kappa shape index (κ3) is 4.13. The van der Waals surface area contributed by atoms with Crippen LogP contribution in [0.15, 0.2) is 36.5 Å². The molecule has 0 spiro atoms. The van der Waals surface area contributed by atoms with E-state index in [0.29, 0.717) is 5.82 Å². The average molecular weight is 400 g/mol. The van der Waals surface area contributed by atoms with Crippen LogP contribution >= 0.6 is 22.9 Å². The smallest absolute Gasteiger partial charge is 0.180 e. The van der Waals surface area contributed by atoms with Crippen LogP contribution < -0.4 is 4.90 Å². The fourth-order valence-electron chi connectivity index (χ4n) is 3.31. The van der Waals surface area contributed by atoms with Gasteiger partial charge >= 0.3 is 0 Å². The van der Waals surface area contributed by atoms with Crippen molar-refractivity contribution < 1.29 is 0 Å². The van der Waals surface area contributed by atoms with Crippen molar-refractivity contribution in [2.45, 2.75) is 20.4 Å². The summed E-state index contributed by atoms with van der Waals surface area (Å²) in [6.45, 7) is 9.05. The molecule has 7 heteroatoms. The molecule has 4 heterocycles. The number of nitrogens with zero attached hydrogens (tertiary/aromatic N) is 5. The van der Waals surface area contributed by atoms with Gasteiger partial charge in [-0.25, -0.2) is 9.97 Å². The zero-order chi connectivity index (χ0) is 18.8. The number of thiophene rings is 1. The van der Waals surface area contributed by atoms with E-state index in [-0.39, 0.29) is 0 Å². The Morgan fingerprint density at radius 3 is 2.52 bits per heavy atom. The van der Waals surface area contributed by atoms with Gasteiger partial charge in [0.05, 0.1) is 4.34 Å². The van der Waals surface area contributed by atoms with Gasteiger partial charge in [-0.3, -0.25) is 9.88 Å². The fraction of sp³-hybridized carbons (Fsp3) is 0.350. The molecule has 0 radical (unpaired) electrons. The van der Waals surface area contributed by atoms with Crippen LogP contribution in [-0.2, 0) is 6.54 Å². The zero-order valence-electron chi connectivity index (χ0n) is 15.5. The van der Waals surface area contributed by atoms with Crippen molar-refractivity contribution in [1.29, 1.82) is 0 Å². The maximum Gasteiger partial charge on any atom is 0.180 e. The van der Waals surface area contributed by atoms with Crippen LogP contribution in [0.3, 0.4) is 0 Å². The van der Waals surface area contributed by atoms with Gasteiger partial charge in [-0.2, -0.15) is 0 Å². The zero-order valence-corrected chi connectivity index (χ0v) is 17.1. The lowest BCUT2D eigenvalue weighted by Gasteiger charge is -2.36. The summed E-state index contributed by atoms with van der Waals surface area (Å²) in [5, 5.41) is 0. The number of piperazine rings is 1. The van der Waals surface area contributed by atoms with Crippen LogP contribution in [-0.4, -0.2) is 46.0 Å². The average Bonchev–Trinajstić information content (AvgIpc) is 3.10. The summed E-state index contributed by atoms with van der Waals surface area (Å²) in [5.74, 6) is 1.73. The van der Waals surface area contributed by atoms with Crippen LogP contribution in [0, 0.1) is 13.8 Å². The molecule has 1 fully saturated rings. The first-order valence-corrected chi connectivity index (χ1v) is 10.3. The molecule has 1 aliphatic heterocycles. The second-order valence-corrected chi connectivity index (χ2v) is 8.56. The second-order valence-electron chi connectivity index (χ2n) is 6.77. The quantitative estimate of drug-likeness (QED) is 0.658. The summed E-state index contributed by atoms with van der Waals surface area (Å²) in [5.41, 5.74) is 2.97. The summed E-state index contributed by atoms with van der Waals surface area (Å²) >= 11 is 7.72. The lowest BCUT2D eigenvalue weighted by Crippen LogP contribution is -2.46. The first-order chi connectivity index (χ1) is 13.1. The predicted molar refractivity (Wildman–Crippen MR) is 112 cm³/mol. The van der Waals surface area contributed by atoms with E-state index in [1.165, 1.54) is 4.88 Å². The van der Waals surface area contributed by atoms with Gasteiger partial charge in [0.25, 0.3) is 0 Å². The molecule has 140 valence electrons. The van der Waals surface area contributed by atoms with E-state index < -0.39 is 0 Å². The highest BCUT2D eigenvalue weighted by Gasteiger charge is 2.22. The molecule has 3 aromatic heterocycles. The summed E-state index contributed by atoms with van der Waals surface area (Å²) < 4.78 is 0.859.